The number of hydrogen-bond acceptors (Lipinski definition) is 3. The molecule has 23 heavy (non-hydrogen) atoms. The van der Waals surface area contributed by atoms with E-state index in [4.69, 9.17) is 23.2 Å². The summed E-state index contributed by atoms with van der Waals surface area (Å²) in [4.78, 5) is 12.2. The molecule has 1 aromatic carbocycles. The van der Waals surface area contributed by atoms with Crippen molar-refractivity contribution < 1.29 is 4.79 Å². The normalized spacial score (nSPS) is 16.3. The minimum absolute atomic E-state index is 0.0188. The summed E-state index contributed by atoms with van der Waals surface area (Å²) >= 11 is 12.0. The van der Waals surface area contributed by atoms with Crippen molar-refractivity contribution in [1.29, 1.82) is 5.26 Å². The molecule has 1 fully saturated rings. The van der Waals surface area contributed by atoms with E-state index in [2.05, 4.69) is 10.6 Å². The van der Waals surface area contributed by atoms with Gasteiger partial charge >= 0.3 is 0 Å². The zero-order valence-corrected chi connectivity index (χ0v) is 14.3. The van der Waals surface area contributed by atoms with Gasteiger partial charge in [0.15, 0.2) is 0 Å². The van der Waals surface area contributed by atoms with Gasteiger partial charge in [-0.3, -0.25) is 4.79 Å². The molecule has 1 aromatic rings. The summed E-state index contributed by atoms with van der Waals surface area (Å²) in [5.74, 6) is -0.502. The molecule has 0 radical (unpaired) electrons. The van der Waals surface area contributed by atoms with Gasteiger partial charge in [0.2, 0.25) is 0 Å². The van der Waals surface area contributed by atoms with Crippen molar-refractivity contribution in [2.75, 3.05) is 5.32 Å². The number of amides is 1. The van der Waals surface area contributed by atoms with E-state index >= 15 is 0 Å². The second-order valence-electron chi connectivity index (χ2n) is 5.58. The Bertz CT molecular complexity index is 629. The fourth-order valence-electron chi connectivity index (χ4n) is 2.59. The molecule has 0 aliphatic heterocycles. The van der Waals surface area contributed by atoms with Crippen LogP contribution in [0.25, 0.3) is 0 Å². The lowest BCUT2D eigenvalue weighted by Gasteiger charge is -2.14. The number of rotatable bonds is 4. The van der Waals surface area contributed by atoms with Gasteiger partial charge in [-0.25, -0.2) is 0 Å². The third-order valence-corrected chi connectivity index (χ3v) is 4.70. The average molecular weight is 352 g/mol. The highest BCUT2D eigenvalue weighted by Crippen LogP contribution is 2.29. The van der Waals surface area contributed by atoms with Gasteiger partial charge < -0.3 is 10.6 Å². The van der Waals surface area contributed by atoms with E-state index in [1.54, 1.807) is 18.2 Å². The number of carbonyl (C=O) groups is 1. The molecule has 122 valence electrons. The molecule has 0 heterocycles. The summed E-state index contributed by atoms with van der Waals surface area (Å²) in [5.41, 5.74) is 0.407. The zero-order valence-electron chi connectivity index (χ0n) is 12.7. The van der Waals surface area contributed by atoms with E-state index in [0.29, 0.717) is 16.8 Å². The SMILES string of the molecule is N#C/C(=C/NC1CCCCCC1)C(=O)Nc1cccc(Cl)c1Cl. The fraction of sp³-hybridized carbons (Fsp3) is 0.412. The van der Waals surface area contributed by atoms with E-state index in [1.165, 1.54) is 31.9 Å². The predicted molar refractivity (Wildman–Crippen MR) is 93.4 cm³/mol. The van der Waals surface area contributed by atoms with Gasteiger partial charge in [0.1, 0.15) is 11.6 Å². The van der Waals surface area contributed by atoms with Crippen LogP contribution in [0.1, 0.15) is 38.5 Å². The van der Waals surface area contributed by atoms with Crippen molar-refractivity contribution in [2.45, 2.75) is 44.6 Å². The first-order valence-electron chi connectivity index (χ1n) is 7.73. The summed E-state index contributed by atoms with van der Waals surface area (Å²) in [6.07, 6.45) is 8.49. The number of nitrogens with zero attached hydrogens (tertiary/aromatic N) is 1. The Balaban J connectivity index is 2.01. The third-order valence-electron chi connectivity index (χ3n) is 3.88. The van der Waals surface area contributed by atoms with Gasteiger partial charge in [0, 0.05) is 12.2 Å². The van der Waals surface area contributed by atoms with Crippen molar-refractivity contribution in [3.63, 3.8) is 0 Å². The Morgan fingerprint density at radius 1 is 1.22 bits per heavy atom. The van der Waals surface area contributed by atoms with E-state index in [0.717, 1.165) is 12.8 Å². The molecule has 0 spiro atoms. The maximum atomic E-state index is 12.2. The van der Waals surface area contributed by atoms with Crippen LogP contribution in [0.3, 0.4) is 0 Å². The topological polar surface area (TPSA) is 64.9 Å². The Morgan fingerprint density at radius 2 is 1.91 bits per heavy atom. The van der Waals surface area contributed by atoms with Crippen LogP contribution in [0.15, 0.2) is 30.0 Å². The molecule has 0 aromatic heterocycles. The quantitative estimate of drug-likeness (QED) is 0.471. The Morgan fingerprint density at radius 3 is 2.57 bits per heavy atom. The smallest absolute Gasteiger partial charge is 0.267 e. The summed E-state index contributed by atoms with van der Waals surface area (Å²) in [6, 6.07) is 7.20. The summed E-state index contributed by atoms with van der Waals surface area (Å²) in [7, 11) is 0. The molecule has 6 heteroatoms. The fourth-order valence-corrected chi connectivity index (χ4v) is 2.93. The minimum atomic E-state index is -0.502. The summed E-state index contributed by atoms with van der Waals surface area (Å²) in [6.45, 7) is 0. The zero-order chi connectivity index (χ0) is 16.7. The second kappa shape index (κ2) is 8.81. The Kier molecular flexibility index (Phi) is 6.76. The maximum Gasteiger partial charge on any atom is 0.267 e. The van der Waals surface area contributed by atoms with Crippen molar-refractivity contribution in [3.05, 3.63) is 40.0 Å². The van der Waals surface area contributed by atoms with Gasteiger partial charge in [-0.15, -0.1) is 0 Å². The third kappa shape index (κ3) is 5.16. The molecule has 0 atom stereocenters. The van der Waals surface area contributed by atoms with Crippen LogP contribution in [0.4, 0.5) is 5.69 Å². The van der Waals surface area contributed by atoms with E-state index in [-0.39, 0.29) is 10.6 Å². The first kappa shape index (κ1) is 17.7. The minimum Gasteiger partial charge on any atom is -0.387 e. The van der Waals surface area contributed by atoms with Gasteiger partial charge in [0.05, 0.1) is 15.7 Å². The highest BCUT2D eigenvalue weighted by Gasteiger charge is 2.14. The van der Waals surface area contributed by atoms with Crippen LogP contribution in [-0.2, 0) is 4.79 Å². The molecule has 1 amide bonds. The molecule has 0 unspecified atom stereocenters. The van der Waals surface area contributed by atoms with Gasteiger partial charge in [0.25, 0.3) is 5.91 Å². The molecule has 2 rings (SSSR count). The van der Waals surface area contributed by atoms with Crippen molar-refractivity contribution in [1.82, 2.24) is 5.32 Å². The Hall–Kier alpha value is -1.70. The summed E-state index contributed by atoms with van der Waals surface area (Å²) in [5, 5.41) is 15.6. The van der Waals surface area contributed by atoms with Crippen LogP contribution < -0.4 is 10.6 Å². The first-order chi connectivity index (χ1) is 11.1. The van der Waals surface area contributed by atoms with Crippen molar-refractivity contribution in [2.24, 2.45) is 0 Å². The van der Waals surface area contributed by atoms with Crippen LogP contribution in [-0.4, -0.2) is 11.9 Å². The highest BCUT2D eigenvalue weighted by atomic mass is 35.5. The maximum absolute atomic E-state index is 12.2. The predicted octanol–water partition coefficient (Wildman–Crippen LogP) is 4.65. The number of hydrogen-bond donors (Lipinski definition) is 2. The number of halogens is 2. The number of carbonyl (C=O) groups excluding carboxylic acids is 1. The highest BCUT2D eigenvalue weighted by molar-refractivity contribution is 6.44. The average Bonchev–Trinajstić information content (AvgIpc) is 2.81. The number of anilines is 1. The van der Waals surface area contributed by atoms with Gasteiger partial charge in [-0.1, -0.05) is 55.0 Å². The lowest BCUT2D eigenvalue weighted by molar-refractivity contribution is -0.112. The van der Waals surface area contributed by atoms with E-state index < -0.39 is 5.91 Å². The molecule has 2 N–H and O–H groups in total. The molecular weight excluding hydrogens is 333 g/mol. The van der Waals surface area contributed by atoms with Gasteiger partial charge in [-0.05, 0) is 25.0 Å². The monoisotopic (exact) mass is 351 g/mol. The molecular formula is C17H19Cl2N3O. The lowest BCUT2D eigenvalue weighted by Crippen LogP contribution is -2.25. The van der Waals surface area contributed by atoms with Crippen LogP contribution in [0.5, 0.6) is 0 Å². The molecule has 1 saturated carbocycles. The van der Waals surface area contributed by atoms with Gasteiger partial charge in [-0.2, -0.15) is 5.26 Å². The summed E-state index contributed by atoms with van der Waals surface area (Å²) < 4.78 is 0. The molecule has 4 nitrogen and oxygen atoms in total. The molecule has 1 aliphatic rings. The first-order valence-corrected chi connectivity index (χ1v) is 8.49. The van der Waals surface area contributed by atoms with E-state index in [1.807, 2.05) is 6.07 Å². The number of nitriles is 1. The van der Waals surface area contributed by atoms with E-state index in [9.17, 15) is 10.1 Å². The molecule has 1 aliphatic carbocycles. The molecule has 0 bridgehead atoms. The largest absolute Gasteiger partial charge is 0.387 e. The van der Waals surface area contributed by atoms with Crippen LogP contribution in [0, 0.1) is 11.3 Å². The number of benzene rings is 1. The van der Waals surface area contributed by atoms with Crippen molar-refractivity contribution >= 4 is 34.8 Å². The van der Waals surface area contributed by atoms with Crippen LogP contribution in [0.2, 0.25) is 10.0 Å². The number of nitrogens with one attached hydrogen (secondary N) is 2. The van der Waals surface area contributed by atoms with Crippen LogP contribution >= 0.6 is 23.2 Å². The molecule has 0 saturated heterocycles. The standard InChI is InChI=1S/C17H19Cl2N3O/c18-14-8-5-9-15(16(14)19)22-17(23)12(10-20)11-21-13-6-3-1-2-4-7-13/h5,8-9,11,13,21H,1-4,6-7H2,(H,22,23)/b12-11-. The lowest BCUT2D eigenvalue weighted by atomic mass is 10.1. The Labute approximate surface area is 146 Å². The van der Waals surface area contributed by atoms with Crippen molar-refractivity contribution in [3.8, 4) is 6.07 Å². The second-order valence-corrected chi connectivity index (χ2v) is 6.37.